The number of carbonyl (C=O) groups is 1. The van der Waals surface area contributed by atoms with Crippen LogP contribution in [0.1, 0.15) is 36.8 Å². The summed E-state index contributed by atoms with van der Waals surface area (Å²) >= 11 is 0. The Balaban J connectivity index is 1.82. The van der Waals surface area contributed by atoms with Crippen LogP contribution in [-0.4, -0.2) is 37.4 Å². The van der Waals surface area contributed by atoms with Gasteiger partial charge in [0, 0.05) is 12.5 Å². The van der Waals surface area contributed by atoms with Crippen molar-refractivity contribution in [2.75, 3.05) is 20.3 Å². The topological polar surface area (TPSA) is 67.8 Å². The Labute approximate surface area is 161 Å². The molecule has 0 spiro atoms. The van der Waals surface area contributed by atoms with Crippen molar-refractivity contribution in [3.8, 4) is 11.5 Å². The Hall–Kier alpha value is -2.53. The molecule has 2 aromatic rings. The van der Waals surface area contributed by atoms with Gasteiger partial charge >= 0.3 is 0 Å². The molecule has 2 atom stereocenters. The van der Waals surface area contributed by atoms with Gasteiger partial charge in [-0.05, 0) is 43.5 Å². The second-order valence-electron chi connectivity index (χ2n) is 6.75. The van der Waals surface area contributed by atoms with Gasteiger partial charge in [0.15, 0.2) is 11.5 Å². The second kappa shape index (κ2) is 10.6. The molecule has 0 saturated carbocycles. The molecule has 1 amide bonds. The van der Waals surface area contributed by atoms with Crippen molar-refractivity contribution in [1.29, 1.82) is 0 Å². The second-order valence-corrected chi connectivity index (χ2v) is 6.75. The summed E-state index contributed by atoms with van der Waals surface area (Å²) in [6.45, 7) is 4.51. The summed E-state index contributed by atoms with van der Waals surface area (Å²) in [5, 5.41) is 12.7. The van der Waals surface area contributed by atoms with Crippen LogP contribution in [0.25, 0.3) is 0 Å². The summed E-state index contributed by atoms with van der Waals surface area (Å²) in [6.07, 6.45) is 0.429. The van der Waals surface area contributed by atoms with E-state index in [2.05, 4.69) is 5.32 Å². The van der Waals surface area contributed by atoms with Crippen molar-refractivity contribution in [3.63, 3.8) is 0 Å². The zero-order valence-corrected chi connectivity index (χ0v) is 16.3. The van der Waals surface area contributed by atoms with E-state index in [9.17, 15) is 9.90 Å². The molecule has 2 N–H and O–H groups in total. The number of carbonyl (C=O) groups excluding carboxylic acids is 1. The van der Waals surface area contributed by atoms with Crippen LogP contribution in [0.5, 0.6) is 11.5 Å². The van der Waals surface area contributed by atoms with Crippen LogP contribution in [-0.2, 0) is 4.79 Å². The maximum absolute atomic E-state index is 12.2. The Morgan fingerprint density at radius 3 is 2.56 bits per heavy atom. The zero-order chi connectivity index (χ0) is 19.6. The predicted molar refractivity (Wildman–Crippen MR) is 106 cm³/mol. The molecule has 0 fully saturated rings. The van der Waals surface area contributed by atoms with E-state index in [4.69, 9.17) is 9.47 Å². The number of hydrogen-bond acceptors (Lipinski definition) is 4. The highest BCUT2D eigenvalue weighted by molar-refractivity contribution is 5.76. The Bertz CT molecular complexity index is 716. The van der Waals surface area contributed by atoms with Crippen molar-refractivity contribution < 1.29 is 19.4 Å². The summed E-state index contributed by atoms with van der Waals surface area (Å²) in [7, 11) is 1.60. The third kappa shape index (κ3) is 6.94. The first-order valence-electron chi connectivity index (χ1n) is 9.26. The van der Waals surface area contributed by atoms with E-state index in [1.54, 1.807) is 14.0 Å². The summed E-state index contributed by atoms with van der Waals surface area (Å²) in [4.78, 5) is 12.2. The lowest BCUT2D eigenvalue weighted by atomic mass is 9.93. The largest absolute Gasteiger partial charge is 0.493 e. The molecule has 0 aliphatic carbocycles. The van der Waals surface area contributed by atoms with E-state index in [0.717, 1.165) is 11.1 Å². The van der Waals surface area contributed by atoms with Gasteiger partial charge in [-0.1, -0.05) is 36.4 Å². The van der Waals surface area contributed by atoms with Crippen molar-refractivity contribution in [1.82, 2.24) is 5.32 Å². The molecule has 27 heavy (non-hydrogen) atoms. The number of rotatable bonds is 10. The number of nitrogens with one attached hydrogen (secondary N) is 1. The molecule has 5 heteroatoms. The van der Waals surface area contributed by atoms with Gasteiger partial charge in [-0.15, -0.1) is 0 Å². The van der Waals surface area contributed by atoms with E-state index in [1.807, 2.05) is 55.5 Å². The lowest BCUT2D eigenvalue weighted by Crippen LogP contribution is -2.30. The number of amides is 1. The summed E-state index contributed by atoms with van der Waals surface area (Å²) in [5.74, 6) is 1.30. The molecule has 0 aliphatic rings. The van der Waals surface area contributed by atoms with Crippen molar-refractivity contribution >= 4 is 5.91 Å². The fraction of sp³-hybridized carbons (Fsp3) is 0.409. The van der Waals surface area contributed by atoms with E-state index in [-0.39, 0.29) is 24.9 Å². The summed E-state index contributed by atoms with van der Waals surface area (Å²) < 4.78 is 11.0. The first-order chi connectivity index (χ1) is 13.0. The van der Waals surface area contributed by atoms with Gasteiger partial charge in [-0.3, -0.25) is 4.79 Å². The van der Waals surface area contributed by atoms with Crippen LogP contribution >= 0.6 is 0 Å². The SMILES string of the molecule is COc1cc(C)ccc1OCCC(=O)NC[C@H](C[C@H](C)O)c1ccccc1. The minimum Gasteiger partial charge on any atom is -0.493 e. The van der Waals surface area contributed by atoms with E-state index < -0.39 is 6.10 Å². The highest BCUT2D eigenvalue weighted by Gasteiger charge is 2.15. The first kappa shape index (κ1) is 20.8. The first-order valence-corrected chi connectivity index (χ1v) is 9.26. The highest BCUT2D eigenvalue weighted by Crippen LogP contribution is 2.27. The van der Waals surface area contributed by atoms with Crippen LogP contribution in [0.15, 0.2) is 48.5 Å². The summed E-state index contributed by atoms with van der Waals surface area (Å²) in [6, 6.07) is 15.6. The van der Waals surface area contributed by atoms with Gasteiger partial charge < -0.3 is 19.9 Å². The molecule has 2 rings (SSSR count). The van der Waals surface area contributed by atoms with E-state index >= 15 is 0 Å². The van der Waals surface area contributed by atoms with Crippen LogP contribution in [0.2, 0.25) is 0 Å². The highest BCUT2D eigenvalue weighted by atomic mass is 16.5. The molecule has 5 nitrogen and oxygen atoms in total. The average molecular weight is 371 g/mol. The standard InChI is InChI=1S/C22H29NO4/c1-16-9-10-20(21(13-16)26-3)27-12-11-22(25)23-15-19(14-17(2)24)18-7-5-4-6-8-18/h4-10,13,17,19,24H,11-12,14-15H2,1-3H3,(H,23,25)/t17-,19-/m0/s1. The third-order valence-corrected chi connectivity index (χ3v) is 4.35. The molecule has 0 heterocycles. The molecule has 0 aliphatic heterocycles. The maximum Gasteiger partial charge on any atom is 0.223 e. The molecular weight excluding hydrogens is 342 g/mol. The molecular formula is C22H29NO4. The van der Waals surface area contributed by atoms with Crippen LogP contribution < -0.4 is 14.8 Å². The van der Waals surface area contributed by atoms with Gasteiger partial charge in [0.05, 0.1) is 26.2 Å². The van der Waals surface area contributed by atoms with Gasteiger partial charge in [0.1, 0.15) is 0 Å². The lowest BCUT2D eigenvalue weighted by Gasteiger charge is -2.19. The van der Waals surface area contributed by atoms with Gasteiger partial charge in [0.2, 0.25) is 5.91 Å². The Morgan fingerprint density at radius 2 is 1.89 bits per heavy atom. The lowest BCUT2D eigenvalue weighted by molar-refractivity contribution is -0.121. The number of aliphatic hydroxyl groups is 1. The molecule has 0 unspecified atom stereocenters. The number of ether oxygens (including phenoxy) is 2. The van der Waals surface area contributed by atoms with Crippen LogP contribution in [0.3, 0.4) is 0 Å². The van der Waals surface area contributed by atoms with Crippen LogP contribution in [0.4, 0.5) is 0 Å². The Morgan fingerprint density at radius 1 is 1.15 bits per heavy atom. The predicted octanol–water partition coefficient (Wildman–Crippen LogP) is 3.44. The molecule has 2 aromatic carbocycles. The minimum absolute atomic E-state index is 0.0763. The number of methoxy groups -OCH3 is 1. The van der Waals surface area contributed by atoms with Crippen molar-refractivity contribution in [2.45, 2.75) is 38.7 Å². The van der Waals surface area contributed by atoms with Gasteiger partial charge in [-0.25, -0.2) is 0 Å². The van der Waals surface area contributed by atoms with E-state index in [0.29, 0.717) is 24.5 Å². The number of aryl methyl sites for hydroxylation is 1. The molecule has 0 saturated heterocycles. The monoisotopic (exact) mass is 371 g/mol. The van der Waals surface area contributed by atoms with Crippen molar-refractivity contribution in [3.05, 3.63) is 59.7 Å². The number of benzene rings is 2. The summed E-state index contributed by atoms with van der Waals surface area (Å²) in [5.41, 5.74) is 2.20. The fourth-order valence-corrected chi connectivity index (χ4v) is 2.95. The number of hydrogen-bond donors (Lipinski definition) is 2. The molecule has 0 bridgehead atoms. The molecule has 0 aromatic heterocycles. The molecule has 0 radical (unpaired) electrons. The van der Waals surface area contributed by atoms with Gasteiger partial charge in [0.25, 0.3) is 0 Å². The number of aliphatic hydroxyl groups excluding tert-OH is 1. The third-order valence-electron chi connectivity index (χ3n) is 4.35. The fourth-order valence-electron chi connectivity index (χ4n) is 2.95. The van der Waals surface area contributed by atoms with Gasteiger partial charge in [-0.2, -0.15) is 0 Å². The normalized spacial score (nSPS) is 12.9. The zero-order valence-electron chi connectivity index (χ0n) is 16.3. The minimum atomic E-state index is -0.426. The maximum atomic E-state index is 12.2. The quantitative estimate of drug-likeness (QED) is 0.671. The van der Waals surface area contributed by atoms with Crippen LogP contribution in [0, 0.1) is 6.92 Å². The van der Waals surface area contributed by atoms with E-state index in [1.165, 1.54) is 0 Å². The smallest absolute Gasteiger partial charge is 0.223 e. The molecule has 146 valence electrons. The Kier molecular flexibility index (Phi) is 8.14. The average Bonchev–Trinajstić information content (AvgIpc) is 2.66. The van der Waals surface area contributed by atoms with Crippen molar-refractivity contribution in [2.24, 2.45) is 0 Å².